The topological polar surface area (TPSA) is 151 Å². The SMILES string of the molecule is CCC(CC)[C@H](NC(C)=O)[C@H]1[C@@H](O)[C@H](C(=O)O)C[C@H]1N=C(N)N. The van der Waals surface area contributed by atoms with Crippen molar-refractivity contribution in [2.24, 2.45) is 34.2 Å². The lowest BCUT2D eigenvalue weighted by atomic mass is 9.80. The third-order valence-electron chi connectivity index (χ3n) is 4.72. The van der Waals surface area contributed by atoms with Gasteiger partial charge in [-0.05, 0) is 12.3 Å². The standard InChI is InChI=1S/C15H28N4O4/c1-4-8(5-2)12(18-7(3)20)11-10(19-15(16)17)6-9(13(11)21)14(22)23/h8-13,21H,4-6H2,1-3H3,(H,18,20)(H,22,23)(H4,16,17,19)/t9-,10-,11+,12+,13+/m1/s1. The van der Waals surface area contributed by atoms with Crippen LogP contribution < -0.4 is 16.8 Å². The Kier molecular flexibility index (Phi) is 6.80. The summed E-state index contributed by atoms with van der Waals surface area (Å²) in [6.07, 6.45) is 0.612. The van der Waals surface area contributed by atoms with Gasteiger partial charge in [0.05, 0.1) is 18.1 Å². The molecule has 1 aliphatic carbocycles. The minimum Gasteiger partial charge on any atom is -0.481 e. The molecule has 1 fully saturated rings. The molecule has 5 atom stereocenters. The first-order chi connectivity index (χ1) is 10.7. The predicted octanol–water partition coefficient (Wildman–Crippen LogP) is -0.349. The monoisotopic (exact) mass is 328 g/mol. The number of carboxylic acids is 1. The number of aliphatic carboxylic acids is 1. The van der Waals surface area contributed by atoms with Crippen LogP contribution in [-0.2, 0) is 9.59 Å². The van der Waals surface area contributed by atoms with Crippen molar-refractivity contribution < 1.29 is 19.8 Å². The zero-order valence-corrected chi connectivity index (χ0v) is 13.9. The largest absolute Gasteiger partial charge is 0.481 e. The van der Waals surface area contributed by atoms with E-state index in [1.807, 2.05) is 13.8 Å². The van der Waals surface area contributed by atoms with Gasteiger partial charge in [0.1, 0.15) is 0 Å². The van der Waals surface area contributed by atoms with E-state index in [2.05, 4.69) is 10.3 Å². The minimum atomic E-state index is -1.11. The molecule has 23 heavy (non-hydrogen) atoms. The smallest absolute Gasteiger partial charge is 0.309 e. The number of nitrogens with two attached hydrogens (primary N) is 2. The van der Waals surface area contributed by atoms with E-state index in [1.54, 1.807) is 0 Å². The number of hydrogen-bond acceptors (Lipinski definition) is 4. The van der Waals surface area contributed by atoms with Crippen LogP contribution in [0.1, 0.15) is 40.0 Å². The average molecular weight is 328 g/mol. The van der Waals surface area contributed by atoms with Crippen molar-refractivity contribution in [3.63, 3.8) is 0 Å². The molecule has 1 amide bonds. The van der Waals surface area contributed by atoms with Crippen LogP contribution >= 0.6 is 0 Å². The minimum absolute atomic E-state index is 0.0998. The number of carbonyl (C=O) groups is 2. The quantitative estimate of drug-likeness (QED) is 0.318. The van der Waals surface area contributed by atoms with E-state index >= 15 is 0 Å². The normalized spacial score (nSPS) is 28.4. The number of hydrogen-bond donors (Lipinski definition) is 5. The van der Waals surface area contributed by atoms with Crippen LogP contribution in [0.2, 0.25) is 0 Å². The number of aliphatic hydroxyl groups excluding tert-OH is 1. The van der Waals surface area contributed by atoms with Crippen molar-refractivity contribution in [2.75, 3.05) is 0 Å². The van der Waals surface area contributed by atoms with Crippen LogP contribution in [0.25, 0.3) is 0 Å². The molecule has 8 nitrogen and oxygen atoms in total. The molecule has 0 aliphatic heterocycles. The second-order valence-electron chi connectivity index (χ2n) is 6.17. The predicted molar refractivity (Wildman–Crippen MR) is 86.5 cm³/mol. The first-order valence-corrected chi connectivity index (χ1v) is 7.99. The second-order valence-corrected chi connectivity index (χ2v) is 6.17. The third kappa shape index (κ3) is 4.57. The van der Waals surface area contributed by atoms with Gasteiger partial charge in [-0.25, -0.2) is 4.99 Å². The van der Waals surface area contributed by atoms with Crippen LogP contribution in [-0.4, -0.2) is 46.2 Å². The number of amides is 1. The Hall–Kier alpha value is -1.83. The summed E-state index contributed by atoms with van der Waals surface area (Å²) >= 11 is 0. The molecular formula is C15H28N4O4. The van der Waals surface area contributed by atoms with Gasteiger partial charge in [0.25, 0.3) is 0 Å². The summed E-state index contributed by atoms with van der Waals surface area (Å²) in [7, 11) is 0. The number of carboxylic acid groups (broad SMARTS) is 1. The van der Waals surface area contributed by atoms with E-state index in [1.165, 1.54) is 6.92 Å². The van der Waals surface area contributed by atoms with Crippen LogP contribution in [0, 0.1) is 17.8 Å². The number of nitrogens with one attached hydrogen (secondary N) is 1. The van der Waals surface area contributed by atoms with E-state index < -0.39 is 30.0 Å². The van der Waals surface area contributed by atoms with Gasteiger partial charge in [0, 0.05) is 18.9 Å². The highest BCUT2D eigenvalue weighted by molar-refractivity contribution is 5.76. The van der Waals surface area contributed by atoms with Gasteiger partial charge < -0.3 is 27.0 Å². The van der Waals surface area contributed by atoms with Gasteiger partial charge in [-0.2, -0.15) is 0 Å². The summed E-state index contributed by atoms with van der Waals surface area (Å²) in [5.74, 6) is -2.84. The van der Waals surface area contributed by atoms with Crippen molar-refractivity contribution in [2.45, 2.75) is 58.2 Å². The molecule has 0 aromatic carbocycles. The second kappa shape index (κ2) is 8.14. The molecule has 0 unspecified atom stereocenters. The Balaban J connectivity index is 3.23. The Morgan fingerprint density at radius 2 is 1.87 bits per heavy atom. The fourth-order valence-corrected chi connectivity index (χ4v) is 3.64. The summed E-state index contributed by atoms with van der Waals surface area (Å²) in [6.45, 7) is 5.39. The van der Waals surface area contributed by atoms with Crippen molar-refractivity contribution in [1.82, 2.24) is 5.32 Å². The Labute approximate surface area is 136 Å². The van der Waals surface area contributed by atoms with Gasteiger partial charge in [0.2, 0.25) is 5.91 Å². The van der Waals surface area contributed by atoms with Crippen LogP contribution in [0.4, 0.5) is 0 Å². The maximum atomic E-state index is 11.6. The van der Waals surface area contributed by atoms with E-state index in [0.29, 0.717) is 0 Å². The van der Waals surface area contributed by atoms with Gasteiger partial charge in [-0.1, -0.05) is 26.7 Å². The molecule has 0 aromatic rings. The zero-order valence-electron chi connectivity index (χ0n) is 13.9. The van der Waals surface area contributed by atoms with Crippen LogP contribution in [0.15, 0.2) is 4.99 Å². The van der Waals surface area contributed by atoms with Gasteiger partial charge in [-0.15, -0.1) is 0 Å². The molecule has 0 aromatic heterocycles. The van der Waals surface area contributed by atoms with Crippen molar-refractivity contribution in [1.29, 1.82) is 0 Å². The average Bonchev–Trinajstić information content (AvgIpc) is 2.74. The molecule has 0 radical (unpaired) electrons. The molecule has 0 heterocycles. The summed E-state index contributed by atoms with van der Waals surface area (Å²) < 4.78 is 0. The molecule has 1 rings (SSSR count). The number of nitrogens with zero attached hydrogens (tertiary/aromatic N) is 1. The van der Waals surface area contributed by atoms with E-state index in [0.717, 1.165) is 12.8 Å². The number of carbonyl (C=O) groups excluding carboxylic acids is 1. The molecule has 8 heteroatoms. The summed E-state index contributed by atoms with van der Waals surface area (Å²) in [5.41, 5.74) is 10.9. The van der Waals surface area contributed by atoms with Gasteiger partial charge in [-0.3, -0.25) is 9.59 Å². The van der Waals surface area contributed by atoms with E-state index in [9.17, 15) is 19.8 Å². The first-order valence-electron chi connectivity index (χ1n) is 7.99. The Morgan fingerprint density at radius 3 is 2.26 bits per heavy atom. The summed E-state index contributed by atoms with van der Waals surface area (Å²) in [5, 5.41) is 22.7. The highest BCUT2D eigenvalue weighted by atomic mass is 16.4. The number of aliphatic hydroxyl groups is 1. The molecule has 7 N–H and O–H groups in total. The fourth-order valence-electron chi connectivity index (χ4n) is 3.64. The van der Waals surface area contributed by atoms with E-state index in [4.69, 9.17) is 11.5 Å². The van der Waals surface area contributed by atoms with Crippen molar-refractivity contribution in [3.8, 4) is 0 Å². The molecule has 1 aliphatic rings. The number of rotatable bonds is 7. The Morgan fingerprint density at radius 1 is 1.30 bits per heavy atom. The van der Waals surface area contributed by atoms with Crippen molar-refractivity contribution in [3.05, 3.63) is 0 Å². The fraction of sp³-hybridized carbons (Fsp3) is 0.800. The molecule has 132 valence electrons. The van der Waals surface area contributed by atoms with Crippen LogP contribution in [0.5, 0.6) is 0 Å². The highest BCUT2D eigenvalue weighted by Crippen LogP contribution is 2.39. The molecular weight excluding hydrogens is 300 g/mol. The first kappa shape index (κ1) is 19.2. The summed E-state index contributed by atoms with van der Waals surface area (Å²) in [4.78, 5) is 27.1. The zero-order chi connectivity index (χ0) is 17.7. The van der Waals surface area contributed by atoms with E-state index in [-0.39, 0.29) is 30.2 Å². The third-order valence-corrected chi connectivity index (χ3v) is 4.72. The molecule has 1 saturated carbocycles. The number of guanidine groups is 1. The lowest BCUT2D eigenvalue weighted by Crippen LogP contribution is -2.51. The molecule has 0 saturated heterocycles. The lowest BCUT2D eigenvalue weighted by Gasteiger charge is -2.35. The van der Waals surface area contributed by atoms with Gasteiger partial charge >= 0.3 is 5.97 Å². The lowest BCUT2D eigenvalue weighted by molar-refractivity contribution is -0.145. The Bertz CT molecular complexity index is 460. The van der Waals surface area contributed by atoms with Crippen molar-refractivity contribution >= 4 is 17.8 Å². The maximum absolute atomic E-state index is 11.6. The molecule has 0 bridgehead atoms. The van der Waals surface area contributed by atoms with Gasteiger partial charge in [0.15, 0.2) is 5.96 Å². The molecule has 0 spiro atoms. The summed E-state index contributed by atoms with van der Waals surface area (Å²) in [6, 6.07) is -0.913. The van der Waals surface area contributed by atoms with Crippen LogP contribution in [0.3, 0.4) is 0 Å². The maximum Gasteiger partial charge on any atom is 0.309 e. The number of aliphatic imine (C=N–C) groups is 1. The highest BCUT2D eigenvalue weighted by Gasteiger charge is 2.50.